The molecule has 2 unspecified atom stereocenters. The van der Waals surface area contributed by atoms with Gasteiger partial charge in [0.2, 0.25) is 11.8 Å². The second kappa shape index (κ2) is 12.5. The molecular weight excluding hydrogens is 598 g/mol. The van der Waals surface area contributed by atoms with Gasteiger partial charge in [0.1, 0.15) is 17.5 Å². The molecule has 0 aliphatic carbocycles. The monoisotopic (exact) mass is 624 g/mol. The van der Waals surface area contributed by atoms with Crippen molar-refractivity contribution in [1.29, 1.82) is 0 Å². The summed E-state index contributed by atoms with van der Waals surface area (Å²) in [6.45, 7) is 1.58. The summed E-state index contributed by atoms with van der Waals surface area (Å²) in [5.41, 5.74) is -2.04. The maximum atomic E-state index is 13.8. The minimum atomic E-state index is -5.06. The molecule has 2 atom stereocenters. The van der Waals surface area contributed by atoms with Crippen LogP contribution in [-0.2, 0) is 38.7 Å². The molecule has 0 radical (unpaired) electrons. The third kappa shape index (κ3) is 7.10. The molecule has 0 spiro atoms. The molecule has 1 aromatic heterocycles. The van der Waals surface area contributed by atoms with Crippen molar-refractivity contribution in [2.75, 3.05) is 6.54 Å². The topological polar surface area (TPSA) is 121 Å². The number of pyridine rings is 1. The van der Waals surface area contributed by atoms with Gasteiger partial charge in [-0.2, -0.15) is 26.3 Å². The lowest BCUT2D eigenvalue weighted by Gasteiger charge is -2.30. The summed E-state index contributed by atoms with van der Waals surface area (Å²) in [6, 6.07) is 8.40. The molecule has 44 heavy (non-hydrogen) atoms. The number of hydrogen-bond acceptors (Lipinski definition) is 6. The SMILES string of the molecule is CC(C(=O)NO)N1CCC(CC(=O)NCc2ccncc2)(c2ccc(Oc3cc(C(F)(F)F)cc(C(F)(F)F)c3)cc2)C1=O. The fraction of sp³-hybridized carbons (Fsp3) is 0.310. The number of carbonyl (C=O) groups excluding carboxylic acids is 3. The van der Waals surface area contributed by atoms with Crippen LogP contribution in [0.5, 0.6) is 11.5 Å². The van der Waals surface area contributed by atoms with Crippen molar-refractivity contribution in [3.8, 4) is 11.5 Å². The van der Waals surface area contributed by atoms with Crippen LogP contribution in [0, 0.1) is 0 Å². The van der Waals surface area contributed by atoms with E-state index in [0.717, 1.165) is 5.56 Å². The lowest BCUT2D eigenvalue weighted by Crippen LogP contribution is -2.49. The first-order valence-electron chi connectivity index (χ1n) is 13.1. The van der Waals surface area contributed by atoms with E-state index in [2.05, 4.69) is 10.3 Å². The van der Waals surface area contributed by atoms with Crippen molar-refractivity contribution in [2.24, 2.45) is 0 Å². The fourth-order valence-electron chi connectivity index (χ4n) is 4.93. The smallest absolute Gasteiger partial charge is 0.416 e. The molecule has 1 aliphatic heterocycles. The van der Waals surface area contributed by atoms with Gasteiger partial charge in [-0.05, 0) is 66.9 Å². The average Bonchev–Trinajstić information content (AvgIpc) is 3.31. The number of hydrogen-bond donors (Lipinski definition) is 3. The number of alkyl halides is 6. The van der Waals surface area contributed by atoms with E-state index >= 15 is 0 Å². The quantitative estimate of drug-likeness (QED) is 0.176. The minimum Gasteiger partial charge on any atom is -0.457 e. The highest BCUT2D eigenvalue weighted by atomic mass is 19.4. The third-order valence-electron chi connectivity index (χ3n) is 7.31. The van der Waals surface area contributed by atoms with Gasteiger partial charge in [-0.1, -0.05) is 12.1 Å². The number of benzene rings is 2. The van der Waals surface area contributed by atoms with Crippen molar-refractivity contribution >= 4 is 17.7 Å². The van der Waals surface area contributed by atoms with E-state index in [0.29, 0.717) is 17.7 Å². The summed E-state index contributed by atoms with van der Waals surface area (Å²) < 4.78 is 84.9. The summed E-state index contributed by atoms with van der Waals surface area (Å²) in [4.78, 5) is 44.0. The summed E-state index contributed by atoms with van der Waals surface area (Å²) in [7, 11) is 0. The van der Waals surface area contributed by atoms with Crippen molar-refractivity contribution in [3.63, 3.8) is 0 Å². The van der Waals surface area contributed by atoms with Crippen LogP contribution in [-0.4, -0.2) is 45.4 Å². The summed E-state index contributed by atoms with van der Waals surface area (Å²) in [6.07, 6.45) is -7.30. The highest BCUT2D eigenvalue weighted by Crippen LogP contribution is 2.42. The largest absolute Gasteiger partial charge is 0.457 e. The first kappa shape index (κ1) is 32.3. The normalized spacial score (nSPS) is 17.7. The van der Waals surface area contributed by atoms with Gasteiger partial charge in [-0.15, -0.1) is 0 Å². The number of nitrogens with zero attached hydrogens (tertiary/aromatic N) is 2. The Morgan fingerprint density at radius 2 is 1.57 bits per heavy atom. The molecular formula is C29H26F6N4O5. The van der Waals surface area contributed by atoms with Gasteiger partial charge < -0.3 is 15.0 Å². The van der Waals surface area contributed by atoms with Crippen LogP contribution in [0.15, 0.2) is 67.0 Å². The fourth-order valence-corrected chi connectivity index (χ4v) is 4.93. The maximum Gasteiger partial charge on any atom is 0.416 e. The standard InChI is InChI=1S/C29H26F6N4O5/c1-17(25(41)38-43)39-11-8-27(26(39)42,15-24(40)37-16-18-6-9-36-10-7-18)19-2-4-22(5-3-19)44-23-13-20(28(30,31)32)12-21(14-23)29(33,34)35/h2-7,9-10,12-14,17,43H,8,11,15-16H2,1H3,(H,37,40)(H,38,41). The van der Waals surface area contributed by atoms with E-state index in [-0.39, 0.29) is 37.7 Å². The van der Waals surface area contributed by atoms with Crippen LogP contribution in [0.1, 0.15) is 42.0 Å². The van der Waals surface area contributed by atoms with Crippen LogP contribution >= 0.6 is 0 Å². The molecule has 2 heterocycles. The molecule has 3 aromatic rings. The van der Waals surface area contributed by atoms with E-state index in [1.54, 1.807) is 24.5 Å². The Kier molecular flexibility index (Phi) is 9.18. The Hall–Kier alpha value is -4.66. The molecule has 1 saturated heterocycles. The van der Waals surface area contributed by atoms with E-state index in [1.165, 1.54) is 41.6 Å². The molecule has 0 saturated carbocycles. The lowest BCUT2D eigenvalue weighted by atomic mass is 9.75. The Morgan fingerprint density at radius 3 is 2.11 bits per heavy atom. The third-order valence-corrected chi connectivity index (χ3v) is 7.31. The number of aromatic nitrogens is 1. The van der Waals surface area contributed by atoms with Crippen LogP contribution < -0.4 is 15.5 Å². The zero-order chi connectivity index (χ0) is 32.3. The molecule has 1 aliphatic rings. The van der Waals surface area contributed by atoms with E-state index in [1.807, 2.05) is 0 Å². The van der Waals surface area contributed by atoms with Crippen LogP contribution in [0.4, 0.5) is 26.3 Å². The van der Waals surface area contributed by atoms with Crippen LogP contribution in [0.25, 0.3) is 0 Å². The second-order valence-corrected chi connectivity index (χ2v) is 10.2. The maximum absolute atomic E-state index is 13.8. The van der Waals surface area contributed by atoms with Crippen molar-refractivity contribution in [2.45, 2.75) is 50.1 Å². The van der Waals surface area contributed by atoms with Gasteiger partial charge in [0.25, 0.3) is 5.91 Å². The first-order chi connectivity index (χ1) is 20.6. The van der Waals surface area contributed by atoms with Crippen molar-refractivity contribution in [1.82, 2.24) is 20.7 Å². The summed E-state index contributed by atoms with van der Waals surface area (Å²) in [5, 5.41) is 11.8. The molecule has 9 nitrogen and oxygen atoms in total. The number of halogens is 6. The van der Waals surface area contributed by atoms with E-state index in [9.17, 15) is 40.7 Å². The summed E-state index contributed by atoms with van der Waals surface area (Å²) in [5.74, 6) is -2.78. The molecule has 0 bridgehead atoms. The van der Waals surface area contributed by atoms with E-state index in [4.69, 9.17) is 9.94 Å². The number of rotatable bonds is 9. The average molecular weight is 625 g/mol. The van der Waals surface area contributed by atoms with Gasteiger partial charge >= 0.3 is 12.4 Å². The Morgan fingerprint density at radius 1 is 0.977 bits per heavy atom. The van der Waals surface area contributed by atoms with Gasteiger partial charge in [0, 0.05) is 31.9 Å². The molecule has 15 heteroatoms. The van der Waals surface area contributed by atoms with Crippen LogP contribution in [0.3, 0.4) is 0 Å². The van der Waals surface area contributed by atoms with Crippen molar-refractivity contribution < 1.29 is 50.7 Å². The number of carbonyl (C=O) groups is 3. The molecule has 4 rings (SSSR count). The Labute approximate surface area is 246 Å². The number of nitrogens with one attached hydrogen (secondary N) is 2. The van der Waals surface area contributed by atoms with Crippen molar-refractivity contribution in [3.05, 3.63) is 89.2 Å². The Bertz CT molecular complexity index is 1480. The van der Waals surface area contributed by atoms with E-state index < -0.39 is 58.4 Å². The van der Waals surface area contributed by atoms with Gasteiger partial charge in [0.05, 0.1) is 16.5 Å². The molecule has 1 fully saturated rings. The number of ether oxygens (including phenoxy) is 1. The second-order valence-electron chi connectivity index (χ2n) is 10.2. The first-order valence-corrected chi connectivity index (χ1v) is 13.1. The predicted molar refractivity (Wildman–Crippen MR) is 141 cm³/mol. The predicted octanol–water partition coefficient (Wildman–Crippen LogP) is 4.98. The number of likely N-dealkylation sites (tertiary alicyclic amines) is 1. The molecule has 3 amide bonds. The van der Waals surface area contributed by atoms with Gasteiger partial charge in [-0.25, -0.2) is 5.48 Å². The molecule has 234 valence electrons. The minimum absolute atomic E-state index is 0.0189. The molecule has 2 aromatic carbocycles. The molecule has 3 N–H and O–H groups in total. The highest BCUT2D eigenvalue weighted by molar-refractivity contribution is 5.98. The van der Waals surface area contributed by atoms with Gasteiger partial charge in [-0.3, -0.25) is 24.6 Å². The zero-order valence-electron chi connectivity index (χ0n) is 23.0. The highest BCUT2D eigenvalue weighted by Gasteiger charge is 2.51. The van der Waals surface area contributed by atoms with Crippen LogP contribution in [0.2, 0.25) is 0 Å². The lowest BCUT2D eigenvalue weighted by molar-refractivity contribution is -0.144. The Balaban J connectivity index is 1.63. The number of amides is 3. The zero-order valence-corrected chi connectivity index (χ0v) is 23.0. The number of hydroxylamine groups is 1. The summed E-state index contributed by atoms with van der Waals surface area (Å²) >= 11 is 0. The van der Waals surface area contributed by atoms with Gasteiger partial charge in [0.15, 0.2) is 0 Å².